The van der Waals surface area contributed by atoms with Crippen molar-refractivity contribution < 1.29 is 18.3 Å². The summed E-state index contributed by atoms with van der Waals surface area (Å²) < 4.78 is 38.3. The number of halogens is 3. The van der Waals surface area contributed by atoms with Crippen molar-refractivity contribution in [3.8, 4) is 0 Å². The van der Waals surface area contributed by atoms with Crippen LogP contribution in [0.3, 0.4) is 0 Å². The SMILES string of the molecule is CNc1nc(NCC2(CO)CCCC2)cc(C(F)(F)F)n1. The molecule has 0 radical (unpaired) electrons. The molecule has 1 aliphatic rings. The van der Waals surface area contributed by atoms with Crippen LogP contribution in [0.2, 0.25) is 0 Å². The number of nitrogens with zero attached hydrogens (tertiary/aromatic N) is 2. The van der Waals surface area contributed by atoms with Gasteiger partial charge in [-0.1, -0.05) is 12.8 Å². The lowest BCUT2D eigenvalue weighted by atomic mass is 9.87. The maximum atomic E-state index is 12.8. The Morgan fingerprint density at radius 1 is 1.29 bits per heavy atom. The van der Waals surface area contributed by atoms with Crippen molar-refractivity contribution in [3.05, 3.63) is 11.8 Å². The average Bonchev–Trinajstić information content (AvgIpc) is 2.93. The highest BCUT2D eigenvalue weighted by Crippen LogP contribution is 2.38. The topological polar surface area (TPSA) is 70.1 Å². The number of rotatable bonds is 5. The van der Waals surface area contributed by atoms with E-state index in [1.807, 2.05) is 0 Å². The number of nitrogens with one attached hydrogen (secondary N) is 2. The zero-order chi connectivity index (χ0) is 15.5. The third-order valence-electron chi connectivity index (χ3n) is 3.88. The fourth-order valence-corrected chi connectivity index (χ4v) is 2.59. The van der Waals surface area contributed by atoms with Gasteiger partial charge in [-0.15, -0.1) is 0 Å². The number of alkyl halides is 3. The quantitative estimate of drug-likeness (QED) is 0.780. The van der Waals surface area contributed by atoms with Gasteiger partial charge >= 0.3 is 6.18 Å². The molecule has 0 aromatic carbocycles. The van der Waals surface area contributed by atoms with E-state index in [0.29, 0.717) is 6.54 Å². The molecule has 0 saturated heterocycles. The van der Waals surface area contributed by atoms with Crippen LogP contribution >= 0.6 is 0 Å². The first-order valence-electron chi connectivity index (χ1n) is 6.87. The Morgan fingerprint density at radius 2 is 1.95 bits per heavy atom. The molecule has 21 heavy (non-hydrogen) atoms. The van der Waals surface area contributed by atoms with Crippen LogP contribution in [0.4, 0.5) is 24.9 Å². The first-order chi connectivity index (χ1) is 9.88. The van der Waals surface area contributed by atoms with Gasteiger partial charge in [0.25, 0.3) is 0 Å². The maximum absolute atomic E-state index is 12.8. The highest BCUT2D eigenvalue weighted by atomic mass is 19.4. The van der Waals surface area contributed by atoms with E-state index in [-0.39, 0.29) is 23.8 Å². The number of anilines is 2. The molecule has 2 rings (SSSR count). The van der Waals surface area contributed by atoms with E-state index >= 15 is 0 Å². The Balaban J connectivity index is 2.15. The van der Waals surface area contributed by atoms with Crippen LogP contribution in [-0.4, -0.2) is 35.3 Å². The lowest BCUT2D eigenvalue weighted by Gasteiger charge is -2.27. The second-order valence-electron chi connectivity index (χ2n) is 5.43. The molecule has 0 spiro atoms. The third-order valence-corrected chi connectivity index (χ3v) is 3.88. The molecule has 0 aliphatic heterocycles. The molecule has 5 nitrogen and oxygen atoms in total. The van der Waals surface area contributed by atoms with Gasteiger partial charge in [0.2, 0.25) is 5.95 Å². The Hall–Kier alpha value is -1.57. The summed E-state index contributed by atoms with van der Waals surface area (Å²) in [7, 11) is 1.46. The van der Waals surface area contributed by atoms with Gasteiger partial charge in [0.15, 0.2) is 5.69 Å². The summed E-state index contributed by atoms with van der Waals surface area (Å²) >= 11 is 0. The second kappa shape index (κ2) is 6.05. The summed E-state index contributed by atoms with van der Waals surface area (Å²) in [5, 5.41) is 14.9. The first-order valence-corrected chi connectivity index (χ1v) is 6.87. The van der Waals surface area contributed by atoms with Crippen LogP contribution < -0.4 is 10.6 Å². The van der Waals surface area contributed by atoms with Crippen molar-refractivity contribution in [2.75, 3.05) is 30.8 Å². The molecular weight excluding hydrogens is 285 g/mol. The zero-order valence-electron chi connectivity index (χ0n) is 11.8. The molecule has 0 unspecified atom stereocenters. The summed E-state index contributed by atoms with van der Waals surface area (Å²) in [5.74, 6) is 0.0261. The molecule has 0 bridgehead atoms. The number of hydrogen-bond donors (Lipinski definition) is 3. The highest BCUT2D eigenvalue weighted by molar-refractivity contribution is 5.43. The van der Waals surface area contributed by atoms with E-state index in [1.54, 1.807) is 0 Å². The largest absolute Gasteiger partial charge is 0.433 e. The van der Waals surface area contributed by atoms with Crippen LogP contribution in [-0.2, 0) is 6.18 Å². The molecule has 0 atom stereocenters. The molecule has 8 heteroatoms. The summed E-state index contributed by atoms with van der Waals surface area (Å²) in [6.07, 6.45) is -0.727. The van der Waals surface area contributed by atoms with Crippen molar-refractivity contribution in [2.45, 2.75) is 31.9 Å². The molecule has 1 saturated carbocycles. The van der Waals surface area contributed by atoms with E-state index in [9.17, 15) is 18.3 Å². The normalized spacial score (nSPS) is 17.8. The van der Waals surface area contributed by atoms with Gasteiger partial charge in [0, 0.05) is 25.1 Å². The number of hydrogen-bond acceptors (Lipinski definition) is 5. The van der Waals surface area contributed by atoms with E-state index in [0.717, 1.165) is 31.7 Å². The Bertz CT molecular complexity index is 487. The summed E-state index contributed by atoms with van der Waals surface area (Å²) in [4.78, 5) is 7.38. The van der Waals surface area contributed by atoms with Crippen LogP contribution in [0.5, 0.6) is 0 Å². The Morgan fingerprint density at radius 3 is 2.48 bits per heavy atom. The van der Waals surface area contributed by atoms with Crippen LogP contribution in [0.25, 0.3) is 0 Å². The zero-order valence-corrected chi connectivity index (χ0v) is 11.8. The molecule has 1 aliphatic carbocycles. The minimum Gasteiger partial charge on any atom is -0.396 e. The summed E-state index contributed by atoms with van der Waals surface area (Å²) in [6, 6.07) is 0.890. The van der Waals surface area contributed by atoms with Gasteiger partial charge in [-0.2, -0.15) is 18.2 Å². The minimum atomic E-state index is -4.52. The molecule has 3 N–H and O–H groups in total. The fourth-order valence-electron chi connectivity index (χ4n) is 2.59. The van der Waals surface area contributed by atoms with Crippen molar-refractivity contribution in [3.63, 3.8) is 0 Å². The lowest BCUT2D eigenvalue weighted by Crippen LogP contribution is -2.31. The average molecular weight is 304 g/mol. The molecular formula is C13H19F3N4O. The van der Waals surface area contributed by atoms with Gasteiger partial charge in [-0.3, -0.25) is 0 Å². The third kappa shape index (κ3) is 3.75. The molecule has 118 valence electrons. The van der Waals surface area contributed by atoms with Gasteiger partial charge in [-0.05, 0) is 12.8 Å². The standard InChI is InChI=1S/C13H19F3N4O/c1-17-11-19-9(13(14,15)16)6-10(20-11)18-7-12(8-21)4-2-3-5-12/h6,21H,2-5,7-8H2,1H3,(H2,17,18,19,20). The number of aliphatic hydroxyl groups excluding tert-OH is 1. The Kier molecular flexibility index (Phi) is 4.55. The Labute approximate surface area is 121 Å². The molecule has 0 amide bonds. The summed E-state index contributed by atoms with van der Waals surface area (Å²) in [6.45, 7) is 0.428. The van der Waals surface area contributed by atoms with Crippen LogP contribution in [0.1, 0.15) is 31.4 Å². The van der Waals surface area contributed by atoms with Crippen molar-refractivity contribution in [1.29, 1.82) is 0 Å². The van der Waals surface area contributed by atoms with E-state index in [2.05, 4.69) is 20.6 Å². The van der Waals surface area contributed by atoms with E-state index in [4.69, 9.17) is 0 Å². The maximum Gasteiger partial charge on any atom is 0.433 e. The monoisotopic (exact) mass is 304 g/mol. The smallest absolute Gasteiger partial charge is 0.396 e. The number of aromatic nitrogens is 2. The van der Waals surface area contributed by atoms with Crippen molar-refractivity contribution >= 4 is 11.8 Å². The summed E-state index contributed by atoms with van der Waals surface area (Å²) in [5.41, 5.74) is -1.25. The van der Waals surface area contributed by atoms with Crippen LogP contribution in [0, 0.1) is 5.41 Å². The van der Waals surface area contributed by atoms with Crippen LogP contribution in [0.15, 0.2) is 6.07 Å². The number of aliphatic hydroxyl groups is 1. The molecule has 1 aromatic rings. The molecule has 1 fully saturated rings. The fraction of sp³-hybridized carbons (Fsp3) is 0.692. The minimum absolute atomic E-state index is 0.0239. The van der Waals surface area contributed by atoms with Gasteiger partial charge in [0.1, 0.15) is 5.82 Å². The highest BCUT2D eigenvalue weighted by Gasteiger charge is 2.35. The van der Waals surface area contributed by atoms with E-state index in [1.165, 1.54) is 7.05 Å². The predicted octanol–water partition coefficient (Wildman–Crippen LogP) is 2.50. The van der Waals surface area contributed by atoms with Gasteiger partial charge in [-0.25, -0.2) is 4.98 Å². The van der Waals surface area contributed by atoms with Gasteiger partial charge in [0.05, 0.1) is 6.61 Å². The van der Waals surface area contributed by atoms with Crippen molar-refractivity contribution in [2.24, 2.45) is 5.41 Å². The lowest BCUT2D eigenvalue weighted by molar-refractivity contribution is -0.141. The van der Waals surface area contributed by atoms with E-state index < -0.39 is 11.9 Å². The second-order valence-corrected chi connectivity index (χ2v) is 5.43. The first kappa shape index (κ1) is 15.8. The molecule has 1 aromatic heterocycles. The molecule has 1 heterocycles. The predicted molar refractivity (Wildman–Crippen MR) is 73.1 cm³/mol. The van der Waals surface area contributed by atoms with Gasteiger partial charge < -0.3 is 15.7 Å². The van der Waals surface area contributed by atoms with Crippen molar-refractivity contribution in [1.82, 2.24) is 9.97 Å².